The highest BCUT2D eigenvalue weighted by Crippen LogP contribution is 2.38. The van der Waals surface area contributed by atoms with Crippen LogP contribution in [0, 0.1) is 0 Å². The fourth-order valence-electron chi connectivity index (χ4n) is 3.32. The predicted octanol–water partition coefficient (Wildman–Crippen LogP) is 3.99. The molecule has 1 aliphatic heterocycles. The number of hydrogen-bond donors (Lipinski definition) is 1. The smallest absolute Gasteiger partial charge is 0.350 e. The third kappa shape index (κ3) is 3.30. The summed E-state index contributed by atoms with van der Waals surface area (Å²) in [6, 6.07) is 13.5. The van der Waals surface area contributed by atoms with Gasteiger partial charge in [-0.2, -0.15) is 4.98 Å². The Morgan fingerprint density at radius 3 is 2.63 bits per heavy atom. The molecule has 2 aromatic carbocycles. The Bertz CT molecular complexity index is 1080. The average molecular weight is 428 g/mol. The van der Waals surface area contributed by atoms with E-state index >= 15 is 0 Å². The minimum Gasteiger partial charge on any atom is -0.493 e. The van der Waals surface area contributed by atoms with Crippen LogP contribution >= 0.6 is 15.9 Å². The van der Waals surface area contributed by atoms with E-state index in [1.165, 1.54) is 0 Å². The van der Waals surface area contributed by atoms with Gasteiger partial charge in [0.05, 0.1) is 19.9 Å². The first kappa shape index (κ1) is 17.6. The molecule has 1 aromatic heterocycles. The quantitative estimate of drug-likeness (QED) is 0.681. The summed E-state index contributed by atoms with van der Waals surface area (Å²) in [7, 11) is 3.22. The SMILES string of the molecule is COc1cc2c(cc1OC)-c1cc(Nc3cccc(Br)c3)nc(=O)n1CC2. The zero-order chi connectivity index (χ0) is 19.0. The first-order valence-electron chi connectivity index (χ1n) is 8.49. The van der Waals surface area contributed by atoms with Crippen LogP contribution in [0.2, 0.25) is 0 Å². The van der Waals surface area contributed by atoms with Gasteiger partial charge in [0.1, 0.15) is 5.82 Å². The van der Waals surface area contributed by atoms with Crippen molar-refractivity contribution >= 4 is 27.4 Å². The second kappa shape index (κ2) is 7.08. The van der Waals surface area contributed by atoms with E-state index in [9.17, 15) is 4.79 Å². The standard InChI is InChI=1S/C20H18BrN3O3/c1-26-17-8-12-6-7-24-16(15(12)10-18(17)27-2)11-19(23-20(24)25)22-14-5-3-4-13(21)9-14/h3-5,8-11H,6-7H2,1-2H3,(H,22,23,25). The summed E-state index contributed by atoms with van der Waals surface area (Å²) in [5, 5.41) is 3.21. The van der Waals surface area contributed by atoms with Gasteiger partial charge in [-0.25, -0.2) is 4.79 Å². The van der Waals surface area contributed by atoms with Gasteiger partial charge in [-0.1, -0.05) is 22.0 Å². The molecule has 0 amide bonds. The van der Waals surface area contributed by atoms with Crippen molar-refractivity contribution in [1.29, 1.82) is 0 Å². The lowest BCUT2D eigenvalue weighted by Gasteiger charge is -2.23. The van der Waals surface area contributed by atoms with Gasteiger partial charge in [-0.3, -0.25) is 4.57 Å². The molecular weight excluding hydrogens is 410 g/mol. The number of benzene rings is 2. The van der Waals surface area contributed by atoms with Gasteiger partial charge in [-0.05, 0) is 42.3 Å². The number of fused-ring (bicyclic) bond motifs is 3. The predicted molar refractivity (Wildman–Crippen MR) is 108 cm³/mol. The van der Waals surface area contributed by atoms with E-state index in [2.05, 4.69) is 26.2 Å². The van der Waals surface area contributed by atoms with E-state index in [-0.39, 0.29) is 5.69 Å². The topological polar surface area (TPSA) is 65.4 Å². The maximum absolute atomic E-state index is 12.6. The van der Waals surface area contributed by atoms with Crippen LogP contribution in [0.4, 0.5) is 11.5 Å². The first-order valence-corrected chi connectivity index (χ1v) is 9.28. The van der Waals surface area contributed by atoms with Crippen LogP contribution < -0.4 is 20.5 Å². The molecule has 138 valence electrons. The Kier molecular flexibility index (Phi) is 4.61. The Morgan fingerprint density at radius 2 is 1.89 bits per heavy atom. The molecule has 0 atom stereocenters. The molecule has 1 N–H and O–H groups in total. The van der Waals surface area contributed by atoms with Crippen molar-refractivity contribution < 1.29 is 9.47 Å². The number of hydrogen-bond acceptors (Lipinski definition) is 5. The average Bonchev–Trinajstić information content (AvgIpc) is 2.66. The number of nitrogens with zero attached hydrogens (tertiary/aromatic N) is 2. The highest BCUT2D eigenvalue weighted by atomic mass is 79.9. The van der Waals surface area contributed by atoms with E-state index in [4.69, 9.17) is 9.47 Å². The minimum atomic E-state index is -0.273. The summed E-state index contributed by atoms with van der Waals surface area (Å²) >= 11 is 3.45. The molecule has 0 spiro atoms. The minimum absolute atomic E-state index is 0.273. The van der Waals surface area contributed by atoms with Crippen LogP contribution in [0.25, 0.3) is 11.3 Å². The molecule has 3 aromatic rings. The molecule has 7 heteroatoms. The van der Waals surface area contributed by atoms with Crippen molar-refractivity contribution in [2.75, 3.05) is 19.5 Å². The van der Waals surface area contributed by atoms with Crippen LogP contribution in [0.5, 0.6) is 11.5 Å². The van der Waals surface area contributed by atoms with Crippen LogP contribution in [0.3, 0.4) is 0 Å². The van der Waals surface area contributed by atoms with Gasteiger partial charge < -0.3 is 14.8 Å². The Morgan fingerprint density at radius 1 is 1.11 bits per heavy atom. The molecule has 6 nitrogen and oxygen atoms in total. The van der Waals surface area contributed by atoms with Gasteiger partial charge in [-0.15, -0.1) is 0 Å². The molecule has 0 fully saturated rings. The first-order chi connectivity index (χ1) is 13.1. The molecule has 0 radical (unpaired) electrons. The lowest BCUT2D eigenvalue weighted by molar-refractivity contribution is 0.354. The zero-order valence-electron chi connectivity index (χ0n) is 15.0. The van der Waals surface area contributed by atoms with Gasteiger partial charge >= 0.3 is 5.69 Å². The summed E-state index contributed by atoms with van der Waals surface area (Å²) in [5.74, 6) is 1.83. The number of aromatic nitrogens is 2. The Labute approximate surface area is 164 Å². The Hall–Kier alpha value is -2.80. The monoisotopic (exact) mass is 427 g/mol. The van der Waals surface area contributed by atoms with E-state index in [1.807, 2.05) is 42.5 Å². The van der Waals surface area contributed by atoms with Crippen LogP contribution in [0.1, 0.15) is 5.56 Å². The summed E-state index contributed by atoms with van der Waals surface area (Å²) in [6.45, 7) is 0.584. The lowest BCUT2D eigenvalue weighted by Crippen LogP contribution is -2.28. The summed E-state index contributed by atoms with van der Waals surface area (Å²) in [4.78, 5) is 16.8. The van der Waals surface area contributed by atoms with E-state index < -0.39 is 0 Å². The van der Waals surface area contributed by atoms with Crippen LogP contribution in [0.15, 0.2) is 51.7 Å². The largest absolute Gasteiger partial charge is 0.493 e. The summed E-state index contributed by atoms with van der Waals surface area (Å²) in [6.07, 6.45) is 0.739. The van der Waals surface area contributed by atoms with Crippen LogP contribution in [-0.4, -0.2) is 23.8 Å². The normalized spacial score (nSPS) is 12.1. The molecule has 0 unspecified atom stereocenters. The molecule has 1 aliphatic rings. The molecule has 0 saturated carbocycles. The van der Waals surface area contributed by atoms with Crippen LogP contribution in [-0.2, 0) is 13.0 Å². The third-order valence-corrected chi connectivity index (χ3v) is 5.09. The van der Waals surface area contributed by atoms with Crippen molar-refractivity contribution in [3.63, 3.8) is 0 Å². The van der Waals surface area contributed by atoms with Crippen molar-refractivity contribution in [3.05, 3.63) is 63.0 Å². The Balaban J connectivity index is 1.82. The second-order valence-corrected chi connectivity index (χ2v) is 7.13. The number of aryl methyl sites for hydroxylation is 1. The van der Waals surface area contributed by atoms with Crippen molar-refractivity contribution in [3.8, 4) is 22.8 Å². The molecule has 0 aliphatic carbocycles. The molecule has 2 heterocycles. The van der Waals surface area contributed by atoms with Gasteiger partial charge in [0.25, 0.3) is 0 Å². The number of ether oxygens (including phenoxy) is 2. The number of halogens is 1. The maximum atomic E-state index is 12.6. The molecule has 4 rings (SSSR count). The highest BCUT2D eigenvalue weighted by molar-refractivity contribution is 9.10. The molecule has 0 saturated heterocycles. The lowest BCUT2D eigenvalue weighted by atomic mass is 9.97. The fourth-order valence-corrected chi connectivity index (χ4v) is 3.72. The number of rotatable bonds is 4. The molecular formula is C20H18BrN3O3. The fraction of sp³-hybridized carbons (Fsp3) is 0.200. The summed E-state index contributed by atoms with van der Waals surface area (Å²) in [5.41, 5.74) is 3.46. The number of nitrogens with one attached hydrogen (secondary N) is 1. The third-order valence-electron chi connectivity index (χ3n) is 4.60. The van der Waals surface area contributed by atoms with Gasteiger partial charge in [0, 0.05) is 28.3 Å². The van der Waals surface area contributed by atoms with Gasteiger partial charge in [0.15, 0.2) is 11.5 Å². The van der Waals surface area contributed by atoms with E-state index in [1.54, 1.807) is 18.8 Å². The summed E-state index contributed by atoms with van der Waals surface area (Å²) < 4.78 is 13.5. The molecule has 27 heavy (non-hydrogen) atoms. The van der Waals surface area contributed by atoms with Crippen molar-refractivity contribution in [1.82, 2.24) is 9.55 Å². The second-order valence-electron chi connectivity index (χ2n) is 6.21. The van der Waals surface area contributed by atoms with Gasteiger partial charge in [0.2, 0.25) is 0 Å². The number of anilines is 2. The maximum Gasteiger partial charge on any atom is 0.350 e. The van der Waals surface area contributed by atoms with Crippen molar-refractivity contribution in [2.45, 2.75) is 13.0 Å². The van der Waals surface area contributed by atoms with E-state index in [0.717, 1.165) is 33.4 Å². The number of methoxy groups -OCH3 is 2. The van der Waals surface area contributed by atoms with E-state index in [0.29, 0.717) is 23.9 Å². The molecule has 0 bridgehead atoms. The highest BCUT2D eigenvalue weighted by Gasteiger charge is 2.21. The van der Waals surface area contributed by atoms with Crippen molar-refractivity contribution in [2.24, 2.45) is 0 Å². The zero-order valence-corrected chi connectivity index (χ0v) is 16.5.